The number of alkyl halides is 1. The molecule has 1 atom stereocenters. The third kappa shape index (κ3) is 5.90. The second kappa shape index (κ2) is 6.97. The zero-order chi connectivity index (χ0) is 15.6. The van der Waals surface area contributed by atoms with Gasteiger partial charge in [-0.25, -0.2) is 13.1 Å². The molecule has 0 aliphatic carbocycles. The van der Waals surface area contributed by atoms with Gasteiger partial charge in [-0.1, -0.05) is 48.3 Å². The maximum absolute atomic E-state index is 12.2. The third-order valence-electron chi connectivity index (χ3n) is 2.51. The van der Waals surface area contributed by atoms with Crippen molar-refractivity contribution in [3.8, 4) is 0 Å². The standard InChI is InChI=1S/C13H18BrCl2NO2S/c1-13(2,3)7-10(15)8-17-20(18,19)12-5-4-9(14)6-11(12)16/h4-6,10,17H,7-8H2,1-3H3. The van der Waals surface area contributed by atoms with Crippen LogP contribution in [-0.4, -0.2) is 20.3 Å². The van der Waals surface area contributed by atoms with E-state index in [-0.39, 0.29) is 27.3 Å². The van der Waals surface area contributed by atoms with Crippen LogP contribution in [0.15, 0.2) is 27.6 Å². The fourth-order valence-corrected chi connectivity index (χ4v) is 4.46. The molecule has 0 heterocycles. The van der Waals surface area contributed by atoms with Crippen LogP contribution in [0.5, 0.6) is 0 Å². The van der Waals surface area contributed by atoms with Crippen molar-refractivity contribution in [2.45, 2.75) is 37.5 Å². The lowest BCUT2D eigenvalue weighted by Crippen LogP contribution is -2.31. The zero-order valence-corrected chi connectivity index (χ0v) is 15.5. The summed E-state index contributed by atoms with van der Waals surface area (Å²) in [4.78, 5) is 0.0574. The Labute approximate surface area is 139 Å². The van der Waals surface area contributed by atoms with E-state index in [1.807, 2.05) is 0 Å². The van der Waals surface area contributed by atoms with E-state index in [1.165, 1.54) is 6.07 Å². The third-order valence-corrected chi connectivity index (χ3v) is 5.22. The fourth-order valence-electron chi connectivity index (χ4n) is 1.71. The molecular weight excluding hydrogens is 385 g/mol. The van der Waals surface area contributed by atoms with Gasteiger partial charge in [0.2, 0.25) is 10.0 Å². The van der Waals surface area contributed by atoms with Gasteiger partial charge in [0.25, 0.3) is 0 Å². The largest absolute Gasteiger partial charge is 0.242 e. The normalized spacial score (nSPS) is 14.3. The fraction of sp³-hybridized carbons (Fsp3) is 0.538. The molecule has 1 N–H and O–H groups in total. The average molecular weight is 403 g/mol. The molecule has 20 heavy (non-hydrogen) atoms. The average Bonchev–Trinajstić information content (AvgIpc) is 2.23. The van der Waals surface area contributed by atoms with E-state index in [0.29, 0.717) is 6.42 Å². The molecule has 0 bridgehead atoms. The van der Waals surface area contributed by atoms with Crippen LogP contribution in [-0.2, 0) is 10.0 Å². The smallest absolute Gasteiger partial charge is 0.210 e. The van der Waals surface area contributed by atoms with Gasteiger partial charge in [-0.05, 0) is 30.0 Å². The lowest BCUT2D eigenvalue weighted by atomic mass is 9.90. The van der Waals surface area contributed by atoms with Gasteiger partial charge in [0.15, 0.2) is 0 Å². The summed E-state index contributed by atoms with van der Waals surface area (Å²) >= 11 is 15.3. The lowest BCUT2D eigenvalue weighted by molar-refractivity contribution is 0.369. The first kappa shape index (κ1) is 18.2. The van der Waals surface area contributed by atoms with Crippen molar-refractivity contribution in [2.24, 2.45) is 5.41 Å². The quantitative estimate of drug-likeness (QED) is 0.740. The second-order valence-electron chi connectivity index (χ2n) is 5.79. The van der Waals surface area contributed by atoms with Crippen molar-refractivity contribution in [1.82, 2.24) is 4.72 Å². The number of halogens is 3. The molecule has 1 rings (SSSR count). The Morgan fingerprint density at radius 3 is 2.45 bits per heavy atom. The van der Waals surface area contributed by atoms with Crippen molar-refractivity contribution < 1.29 is 8.42 Å². The Bertz CT molecular complexity index is 570. The Morgan fingerprint density at radius 2 is 1.95 bits per heavy atom. The van der Waals surface area contributed by atoms with Crippen LogP contribution < -0.4 is 4.72 Å². The molecule has 7 heteroatoms. The van der Waals surface area contributed by atoms with Gasteiger partial charge in [-0.15, -0.1) is 11.6 Å². The summed E-state index contributed by atoms with van der Waals surface area (Å²) in [6, 6.07) is 4.64. The van der Waals surface area contributed by atoms with Gasteiger partial charge in [0, 0.05) is 16.4 Å². The lowest BCUT2D eigenvalue weighted by Gasteiger charge is -2.22. The van der Waals surface area contributed by atoms with E-state index in [4.69, 9.17) is 23.2 Å². The van der Waals surface area contributed by atoms with Crippen molar-refractivity contribution in [3.05, 3.63) is 27.7 Å². The van der Waals surface area contributed by atoms with Crippen LogP contribution in [0.3, 0.4) is 0 Å². The van der Waals surface area contributed by atoms with Crippen LogP contribution in [0.4, 0.5) is 0 Å². The maximum atomic E-state index is 12.2. The number of hydrogen-bond acceptors (Lipinski definition) is 2. The van der Waals surface area contributed by atoms with E-state index in [2.05, 4.69) is 41.4 Å². The predicted molar refractivity (Wildman–Crippen MR) is 88.1 cm³/mol. The molecule has 0 aliphatic rings. The molecule has 0 aliphatic heterocycles. The minimum absolute atomic E-state index is 0.0487. The molecule has 0 saturated heterocycles. The molecule has 0 aromatic heterocycles. The number of sulfonamides is 1. The zero-order valence-electron chi connectivity index (χ0n) is 11.6. The second-order valence-corrected chi connectivity index (χ2v) is 9.46. The predicted octanol–water partition coefficient (Wildman–Crippen LogP) is 4.42. The van der Waals surface area contributed by atoms with Gasteiger partial charge >= 0.3 is 0 Å². The van der Waals surface area contributed by atoms with E-state index < -0.39 is 10.0 Å². The van der Waals surface area contributed by atoms with Crippen LogP contribution in [0.2, 0.25) is 5.02 Å². The van der Waals surface area contributed by atoms with Crippen LogP contribution in [0, 0.1) is 5.41 Å². The Kier molecular flexibility index (Phi) is 6.35. The van der Waals surface area contributed by atoms with Gasteiger partial charge in [0.05, 0.1) is 5.02 Å². The first-order chi connectivity index (χ1) is 9.01. The molecule has 1 unspecified atom stereocenters. The minimum atomic E-state index is -3.65. The minimum Gasteiger partial charge on any atom is -0.210 e. The first-order valence-electron chi connectivity index (χ1n) is 6.10. The molecule has 1 aromatic carbocycles. The monoisotopic (exact) mass is 401 g/mol. The summed E-state index contributed by atoms with van der Waals surface area (Å²) in [7, 11) is -3.65. The summed E-state index contributed by atoms with van der Waals surface area (Å²) in [6.45, 7) is 6.35. The molecule has 0 spiro atoms. The SMILES string of the molecule is CC(C)(C)CC(Cl)CNS(=O)(=O)c1ccc(Br)cc1Cl. The summed E-state index contributed by atoms with van der Waals surface area (Å²) in [5.74, 6) is 0. The van der Waals surface area contributed by atoms with E-state index in [0.717, 1.165) is 4.47 Å². The van der Waals surface area contributed by atoms with Crippen LogP contribution >= 0.6 is 39.1 Å². The topological polar surface area (TPSA) is 46.2 Å². The molecule has 1 aromatic rings. The molecule has 114 valence electrons. The van der Waals surface area contributed by atoms with Crippen LogP contribution in [0.25, 0.3) is 0 Å². The highest BCUT2D eigenvalue weighted by Crippen LogP contribution is 2.26. The van der Waals surface area contributed by atoms with Gasteiger partial charge < -0.3 is 0 Å². The molecule has 3 nitrogen and oxygen atoms in total. The number of hydrogen-bond donors (Lipinski definition) is 1. The van der Waals surface area contributed by atoms with Crippen molar-refractivity contribution in [3.63, 3.8) is 0 Å². The number of benzene rings is 1. The highest BCUT2D eigenvalue weighted by molar-refractivity contribution is 9.10. The van der Waals surface area contributed by atoms with E-state index in [9.17, 15) is 8.42 Å². The molecular formula is C13H18BrCl2NO2S. The Morgan fingerprint density at radius 1 is 1.35 bits per heavy atom. The number of nitrogens with one attached hydrogen (secondary N) is 1. The van der Waals surface area contributed by atoms with E-state index >= 15 is 0 Å². The molecule has 0 saturated carbocycles. The van der Waals surface area contributed by atoms with Gasteiger partial charge in [-0.2, -0.15) is 0 Å². The van der Waals surface area contributed by atoms with Crippen molar-refractivity contribution >= 4 is 49.2 Å². The summed E-state index contributed by atoms with van der Waals surface area (Å²) < 4.78 is 27.6. The Balaban J connectivity index is 2.76. The van der Waals surface area contributed by atoms with Gasteiger partial charge in [-0.3, -0.25) is 0 Å². The van der Waals surface area contributed by atoms with E-state index in [1.54, 1.807) is 12.1 Å². The van der Waals surface area contributed by atoms with Crippen LogP contribution in [0.1, 0.15) is 27.2 Å². The van der Waals surface area contributed by atoms with Crippen molar-refractivity contribution in [2.75, 3.05) is 6.54 Å². The first-order valence-corrected chi connectivity index (χ1v) is 9.19. The summed E-state index contributed by atoms with van der Waals surface area (Å²) in [6.07, 6.45) is 0.713. The highest BCUT2D eigenvalue weighted by Gasteiger charge is 2.21. The number of rotatable bonds is 5. The van der Waals surface area contributed by atoms with Crippen molar-refractivity contribution in [1.29, 1.82) is 0 Å². The van der Waals surface area contributed by atoms with Gasteiger partial charge in [0.1, 0.15) is 4.90 Å². The summed E-state index contributed by atoms with van der Waals surface area (Å²) in [5, 5.41) is -0.0900. The molecule has 0 amide bonds. The summed E-state index contributed by atoms with van der Waals surface area (Å²) in [5.41, 5.74) is 0.0487. The molecule has 0 fully saturated rings. The highest BCUT2D eigenvalue weighted by atomic mass is 79.9. The molecule has 0 radical (unpaired) electrons. The maximum Gasteiger partial charge on any atom is 0.242 e. The Hall–Kier alpha value is 0.190.